The zero-order valence-electron chi connectivity index (χ0n) is 17.0. The summed E-state index contributed by atoms with van der Waals surface area (Å²) < 4.78 is 18.5. The number of carbonyl (C=O) groups excluding carboxylic acids is 1. The summed E-state index contributed by atoms with van der Waals surface area (Å²) in [5.41, 5.74) is 1.29. The van der Waals surface area contributed by atoms with E-state index >= 15 is 0 Å². The van der Waals surface area contributed by atoms with Gasteiger partial charge in [0.15, 0.2) is 5.82 Å². The van der Waals surface area contributed by atoms with Gasteiger partial charge in [0.2, 0.25) is 5.91 Å². The first kappa shape index (κ1) is 21.1. The van der Waals surface area contributed by atoms with Gasteiger partial charge >= 0.3 is 0 Å². The molecule has 4 rings (SSSR count). The molecular formula is C23H22ClFN4O2. The largest absolute Gasteiger partial charge is 0.495 e. The molecule has 1 fully saturated rings. The summed E-state index contributed by atoms with van der Waals surface area (Å²) in [4.78, 5) is 24.0. The van der Waals surface area contributed by atoms with E-state index in [0.29, 0.717) is 28.8 Å². The Hall–Kier alpha value is -3.19. The van der Waals surface area contributed by atoms with Crippen molar-refractivity contribution in [1.29, 1.82) is 0 Å². The van der Waals surface area contributed by atoms with Crippen molar-refractivity contribution in [2.75, 3.05) is 30.4 Å². The molecule has 0 spiro atoms. The van der Waals surface area contributed by atoms with Gasteiger partial charge in [-0.1, -0.05) is 11.6 Å². The number of nitrogens with zero attached hydrogens (tertiary/aromatic N) is 3. The number of aromatic nitrogens is 2. The van der Waals surface area contributed by atoms with E-state index in [9.17, 15) is 9.18 Å². The Morgan fingerprint density at radius 1 is 1.23 bits per heavy atom. The van der Waals surface area contributed by atoms with Gasteiger partial charge in [0.05, 0.1) is 18.7 Å². The SMILES string of the molecule is COc1ccc(Cl)cc1NC(=O)[C@H]1CCCN(c2ccnc(-c3ccc(F)cc3)n2)C1. The molecule has 160 valence electrons. The Morgan fingerprint density at radius 3 is 2.81 bits per heavy atom. The van der Waals surface area contributed by atoms with E-state index in [4.69, 9.17) is 16.3 Å². The van der Waals surface area contributed by atoms with Crippen molar-refractivity contribution < 1.29 is 13.9 Å². The third kappa shape index (κ3) is 4.94. The van der Waals surface area contributed by atoms with E-state index < -0.39 is 0 Å². The van der Waals surface area contributed by atoms with Gasteiger partial charge in [-0.2, -0.15) is 0 Å². The van der Waals surface area contributed by atoms with E-state index in [2.05, 4.69) is 20.2 Å². The van der Waals surface area contributed by atoms with Crippen molar-refractivity contribution in [1.82, 2.24) is 9.97 Å². The summed E-state index contributed by atoms with van der Waals surface area (Å²) >= 11 is 6.07. The maximum absolute atomic E-state index is 13.2. The molecular weight excluding hydrogens is 419 g/mol. The average molecular weight is 441 g/mol. The number of hydrogen-bond acceptors (Lipinski definition) is 5. The first-order chi connectivity index (χ1) is 15.0. The molecule has 1 saturated heterocycles. The minimum Gasteiger partial charge on any atom is -0.495 e. The number of carbonyl (C=O) groups is 1. The molecule has 6 nitrogen and oxygen atoms in total. The van der Waals surface area contributed by atoms with Crippen LogP contribution in [0.15, 0.2) is 54.7 Å². The summed E-state index contributed by atoms with van der Waals surface area (Å²) in [7, 11) is 1.55. The summed E-state index contributed by atoms with van der Waals surface area (Å²) in [5.74, 6) is 1.23. The van der Waals surface area contributed by atoms with Gasteiger partial charge in [0, 0.05) is 29.9 Å². The van der Waals surface area contributed by atoms with Gasteiger partial charge in [-0.25, -0.2) is 14.4 Å². The standard InChI is InChI=1S/C23H22ClFN4O2/c1-31-20-9-6-17(24)13-19(20)27-23(30)16-3-2-12-29(14-16)21-10-11-26-22(28-21)15-4-7-18(25)8-5-15/h4-11,13,16H,2-3,12,14H2,1H3,(H,27,30)/t16-/m0/s1. The number of halogens is 2. The number of nitrogens with one attached hydrogen (secondary N) is 1. The zero-order chi connectivity index (χ0) is 21.8. The van der Waals surface area contributed by atoms with Crippen LogP contribution in [-0.4, -0.2) is 36.1 Å². The molecule has 1 amide bonds. The molecule has 2 aromatic carbocycles. The van der Waals surface area contributed by atoms with E-state index in [-0.39, 0.29) is 17.6 Å². The minimum absolute atomic E-state index is 0.0851. The van der Waals surface area contributed by atoms with E-state index in [0.717, 1.165) is 30.8 Å². The molecule has 1 N–H and O–H groups in total. The van der Waals surface area contributed by atoms with E-state index in [1.165, 1.54) is 12.1 Å². The number of hydrogen-bond donors (Lipinski definition) is 1. The number of ether oxygens (including phenoxy) is 1. The first-order valence-electron chi connectivity index (χ1n) is 10.0. The lowest BCUT2D eigenvalue weighted by atomic mass is 9.97. The number of benzene rings is 2. The topological polar surface area (TPSA) is 67.3 Å². The van der Waals surface area contributed by atoms with Gasteiger partial charge in [-0.3, -0.25) is 4.79 Å². The van der Waals surface area contributed by atoms with Crippen molar-refractivity contribution in [3.05, 3.63) is 65.6 Å². The molecule has 1 atom stereocenters. The predicted octanol–water partition coefficient (Wildman–Crippen LogP) is 4.80. The first-order valence-corrected chi connectivity index (χ1v) is 10.4. The fourth-order valence-corrected chi connectivity index (χ4v) is 3.85. The summed E-state index contributed by atoms with van der Waals surface area (Å²) in [6.07, 6.45) is 3.32. The summed E-state index contributed by atoms with van der Waals surface area (Å²) in [6, 6.07) is 13.0. The van der Waals surface area contributed by atoms with Crippen LogP contribution in [0.2, 0.25) is 5.02 Å². The highest BCUT2D eigenvalue weighted by molar-refractivity contribution is 6.31. The molecule has 1 aliphatic rings. The maximum atomic E-state index is 13.2. The second-order valence-electron chi connectivity index (χ2n) is 7.36. The number of amides is 1. The molecule has 1 aromatic heterocycles. The van der Waals surface area contributed by atoms with Crippen molar-refractivity contribution in [2.24, 2.45) is 5.92 Å². The van der Waals surface area contributed by atoms with Crippen LogP contribution in [0, 0.1) is 11.7 Å². The van der Waals surface area contributed by atoms with Crippen LogP contribution in [0.25, 0.3) is 11.4 Å². The zero-order valence-corrected chi connectivity index (χ0v) is 17.8. The molecule has 0 radical (unpaired) electrons. The Labute approximate surface area is 185 Å². The smallest absolute Gasteiger partial charge is 0.229 e. The fraction of sp³-hybridized carbons (Fsp3) is 0.261. The molecule has 0 aliphatic carbocycles. The molecule has 0 saturated carbocycles. The second kappa shape index (κ2) is 9.31. The van der Waals surface area contributed by atoms with Crippen molar-refractivity contribution in [2.45, 2.75) is 12.8 Å². The lowest BCUT2D eigenvalue weighted by Gasteiger charge is -2.33. The Morgan fingerprint density at radius 2 is 2.03 bits per heavy atom. The van der Waals surface area contributed by atoms with Gasteiger partial charge in [-0.15, -0.1) is 0 Å². The fourth-order valence-electron chi connectivity index (χ4n) is 3.68. The monoisotopic (exact) mass is 440 g/mol. The Bertz CT molecular complexity index is 1080. The van der Waals surface area contributed by atoms with Crippen molar-refractivity contribution in [3.63, 3.8) is 0 Å². The van der Waals surface area contributed by atoms with Gasteiger partial charge < -0.3 is 15.0 Å². The highest BCUT2D eigenvalue weighted by atomic mass is 35.5. The van der Waals surface area contributed by atoms with Crippen molar-refractivity contribution in [3.8, 4) is 17.1 Å². The van der Waals surface area contributed by atoms with Crippen LogP contribution in [0.1, 0.15) is 12.8 Å². The molecule has 31 heavy (non-hydrogen) atoms. The normalized spacial score (nSPS) is 16.1. The highest BCUT2D eigenvalue weighted by Crippen LogP contribution is 2.30. The lowest BCUT2D eigenvalue weighted by molar-refractivity contribution is -0.120. The van der Waals surface area contributed by atoms with Gasteiger partial charge in [-0.05, 0) is 61.4 Å². The highest BCUT2D eigenvalue weighted by Gasteiger charge is 2.27. The average Bonchev–Trinajstić information content (AvgIpc) is 2.80. The predicted molar refractivity (Wildman–Crippen MR) is 119 cm³/mol. The molecule has 3 aromatic rings. The molecule has 2 heterocycles. The molecule has 1 aliphatic heterocycles. The van der Waals surface area contributed by atoms with Crippen LogP contribution >= 0.6 is 11.6 Å². The maximum Gasteiger partial charge on any atom is 0.229 e. The number of rotatable bonds is 5. The van der Waals surface area contributed by atoms with Crippen LogP contribution in [0.3, 0.4) is 0 Å². The van der Waals surface area contributed by atoms with Crippen LogP contribution in [0.5, 0.6) is 5.75 Å². The number of anilines is 2. The summed E-state index contributed by atoms with van der Waals surface area (Å²) in [6.45, 7) is 1.33. The second-order valence-corrected chi connectivity index (χ2v) is 7.80. The van der Waals surface area contributed by atoms with Gasteiger partial charge in [0.1, 0.15) is 17.4 Å². The molecule has 0 bridgehead atoms. The lowest BCUT2D eigenvalue weighted by Crippen LogP contribution is -2.41. The number of piperidine rings is 1. The Balaban J connectivity index is 1.49. The van der Waals surface area contributed by atoms with E-state index in [1.807, 2.05) is 6.07 Å². The van der Waals surface area contributed by atoms with Crippen LogP contribution < -0.4 is 15.0 Å². The summed E-state index contributed by atoms with van der Waals surface area (Å²) in [5, 5.41) is 3.47. The van der Waals surface area contributed by atoms with Crippen molar-refractivity contribution >= 4 is 29.0 Å². The third-order valence-corrected chi connectivity index (χ3v) is 5.51. The Kier molecular flexibility index (Phi) is 6.32. The van der Waals surface area contributed by atoms with Gasteiger partial charge in [0.25, 0.3) is 0 Å². The van der Waals surface area contributed by atoms with Crippen LogP contribution in [-0.2, 0) is 4.79 Å². The third-order valence-electron chi connectivity index (χ3n) is 5.28. The minimum atomic E-state index is -0.305. The van der Waals surface area contributed by atoms with Crippen LogP contribution in [0.4, 0.5) is 15.9 Å². The molecule has 0 unspecified atom stereocenters. The quantitative estimate of drug-likeness (QED) is 0.617. The number of methoxy groups -OCH3 is 1. The van der Waals surface area contributed by atoms with E-state index in [1.54, 1.807) is 43.6 Å². The molecule has 8 heteroatoms.